The molecule has 0 spiro atoms. The standard InChI is InChI=1S/C26H29F3N6O3.ClH/c1-17(18-5-7-19(8-6-18)23-31-33-34-32-23)30-24(36)25(10-13-37-14-11-25)35-12-9-22(16-35)38-21-4-2-3-20(15-21)26(27,28)29;/h2-8,15,17,22H,9-14,16H2,1H3,(H,30,36)(H,31,32,33,34);1H/t17-,22+;/m0./s1. The van der Waals surface area contributed by atoms with Gasteiger partial charge in [0.15, 0.2) is 0 Å². The molecule has 2 fully saturated rings. The second kappa shape index (κ2) is 11.9. The number of nitrogens with zero attached hydrogens (tertiary/aromatic N) is 4. The number of aromatic nitrogens is 4. The van der Waals surface area contributed by atoms with Crippen LogP contribution >= 0.6 is 12.4 Å². The molecule has 2 saturated heterocycles. The highest BCUT2D eigenvalue weighted by molar-refractivity contribution is 5.87. The van der Waals surface area contributed by atoms with Crippen LogP contribution in [-0.4, -0.2) is 69.4 Å². The van der Waals surface area contributed by atoms with Crippen molar-refractivity contribution in [2.75, 3.05) is 26.3 Å². The smallest absolute Gasteiger partial charge is 0.416 e. The Morgan fingerprint density at radius 3 is 2.62 bits per heavy atom. The average Bonchev–Trinajstić information content (AvgIpc) is 3.62. The number of carbonyl (C=O) groups is 1. The van der Waals surface area contributed by atoms with Crippen molar-refractivity contribution in [3.8, 4) is 17.1 Å². The van der Waals surface area contributed by atoms with E-state index in [4.69, 9.17) is 9.47 Å². The molecule has 2 aliphatic rings. The van der Waals surface area contributed by atoms with Crippen molar-refractivity contribution >= 4 is 18.3 Å². The van der Waals surface area contributed by atoms with Gasteiger partial charge in [0, 0.05) is 31.9 Å². The summed E-state index contributed by atoms with van der Waals surface area (Å²) in [5, 5.41) is 17.1. The molecule has 9 nitrogen and oxygen atoms in total. The zero-order valence-electron chi connectivity index (χ0n) is 21.3. The summed E-state index contributed by atoms with van der Waals surface area (Å²) in [7, 11) is 0. The van der Waals surface area contributed by atoms with Gasteiger partial charge in [-0.15, -0.1) is 22.6 Å². The molecule has 13 heteroatoms. The summed E-state index contributed by atoms with van der Waals surface area (Å²) >= 11 is 0. The van der Waals surface area contributed by atoms with Crippen LogP contribution in [0, 0.1) is 0 Å². The van der Waals surface area contributed by atoms with Crippen LogP contribution in [0.3, 0.4) is 0 Å². The van der Waals surface area contributed by atoms with Gasteiger partial charge < -0.3 is 14.8 Å². The molecule has 3 heterocycles. The van der Waals surface area contributed by atoms with E-state index in [1.54, 1.807) is 0 Å². The number of amides is 1. The predicted molar refractivity (Wildman–Crippen MR) is 138 cm³/mol. The monoisotopic (exact) mass is 566 g/mol. The Labute approximate surface area is 229 Å². The topological polar surface area (TPSA) is 105 Å². The fourth-order valence-corrected chi connectivity index (χ4v) is 5.17. The lowest BCUT2D eigenvalue weighted by atomic mass is 9.86. The molecule has 5 rings (SSSR count). The van der Waals surface area contributed by atoms with Gasteiger partial charge >= 0.3 is 6.18 Å². The number of H-pyrrole nitrogens is 1. The maximum atomic E-state index is 13.8. The first-order chi connectivity index (χ1) is 18.2. The van der Waals surface area contributed by atoms with Gasteiger partial charge in [0.1, 0.15) is 17.4 Å². The van der Waals surface area contributed by atoms with E-state index < -0.39 is 17.3 Å². The number of carbonyl (C=O) groups excluding carboxylic acids is 1. The summed E-state index contributed by atoms with van der Waals surface area (Å²) in [6.45, 7) is 3.88. The number of ether oxygens (including phenoxy) is 2. The van der Waals surface area contributed by atoms with Crippen LogP contribution in [0.4, 0.5) is 13.2 Å². The summed E-state index contributed by atoms with van der Waals surface area (Å²) in [4.78, 5) is 15.9. The largest absolute Gasteiger partial charge is 0.489 e. The number of aromatic amines is 1. The Morgan fingerprint density at radius 2 is 1.95 bits per heavy atom. The first-order valence-corrected chi connectivity index (χ1v) is 12.6. The van der Waals surface area contributed by atoms with E-state index in [2.05, 4.69) is 30.8 Å². The Balaban J connectivity index is 0.00000353. The second-order valence-electron chi connectivity index (χ2n) is 9.70. The number of rotatable bonds is 7. The van der Waals surface area contributed by atoms with Gasteiger partial charge in [-0.1, -0.05) is 30.3 Å². The van der Waals surface area contributed by atoms with E-state index in [1.807, 2.05) is 31.2 Å². The highest BCUT2D eigenvalue weighted by Crippen LogP contribution is 2.35. The number of nitrogens with one attached hydrogen (secondary N) is 2. The Kier molecular flexibility index (Phi) is 8.77. The molecule has 0 radical (unpaired) electrons. The third-order valence-electron chi connectivity index (χ3n) is 7.32. The van der Waals surface area contributed by atoms with Gasteiger partial charge in [0.25, 0.3) is 0 Å². The van der Waals surface area contributed by atoms with Crippen LogP contribution < -0.4 is 10.1 Å². The van der Waals surface area contributed by atoms with Crippen LogP contribution in [0.2, 0.25) is 0 Å². The fraction of sp³-hybridized carbons (Fsp3) is 0.462. The van der Waals surface area contributed by atoms with Crippen LogP contribution in [0.25, 0.3) is 11.4 Å². The van der Waals surface area contributed by atoms with Crippen molar-refractivity contribution in [3.05, 3.63) is 59.7 Å². The minimum absolute atomic E-state index is 0. The Bertz CT molecular complexity index is 1240. The van der Waals surface area contributed by atoms with Gasteiger partial charge in [0.05, 0.1) is 11.6 Å². The molecule has 2 aromatic carbocycles. The number of benzene rings is 2. The molecule has 0 aliphatic carbocycles. The number of hydrogen-bond donors (Lipinski definition) is 2. The predicted octanol–water partition coefficient (Wildman–Crippen LogP) is 4.19. The normalized spacial score (nSPS) is 20.2. The van der Waals surface area contributed by atoms with Gasteiger partial charge in [-0.2, -0.15) is 18.4 Å². The number of tetrazole rings is 1. The van der Waals surface area contributed by atoms with E-state index >= 15 is 0 Å². The fourth-order valence-electron chi connectivity index (χ4n) is 5.17. The summed E-state index contributed by atoms with van der Waals surface area (Å²) in [6, 6.07) is 12.3. The first kappa shape index (κ1) is 28.8. The van der Waals surface area contributed by atoms with Crippen LogP contribution in [0.15, 0.2) is 48.5 Å². The molecule has 0 bridgehead atoms. The van der Waals surface area contributed by atoms with E-state index in [0.29, 0.717) is 51.4 Å². The van der Waals surface area contributed by atoms with Gasteiger partial charge in [0.2, 0.25) is 11.7 Å². The lowest BCUT2D eigenvalue weighted by Crippen LogP contribution is -2.61. The van der Waals surface area contributed by atoms with Crippen molar-refractivity contribution in [1.29, 1.82) is 0 Å². The highest BCUT2D eigenvalue weighted by atomic mass is 35.5. The zero-order chi connectivity index (χ0) is 26.8. The average molecular weight is 567 g/mol. The highest BCUT2D eigenvalue weighted by Gasteiger charge is 2.48. The van der Waals surface area contributed by atoms with Crippen LogP contribution in [0.1, 0.15) is 43.4 Å². The molecule has 0 saturated carbocycles. The third-order valence-corrected chi connectivity index (χ3v) is 7.32. The molecular weight excluding hydrogens is 537 g/mol. The molecule has 2 aliphatic heterocycles. The van der Waals surface area contributed by atoms with Crippen molar-refractivity contribution in [1.82, 2.24) is 30.8 Å². The molecule has 0 unspecified atom stereocenters. The van der Waals surface area contributed by atoms with Crippen LogP contribution in [0.5, 0.6) is 5.75 Å². The summed E-state index contributed by atoms with van der Waals surface area (Å²) in [6.07, 6.45) is -3.09. The Morgan fingerprint density at radius 1 is 1.21 bits per heavy atom. The maximum Gasteiger partial charge on any atom is 0.416 e. The molecule has 2 atom stereocenters. The number of likely N-dealkylation sites (tertiary alicyclic amines) is 1. The SMILES string of the molecule is C[C@H](NC(=O)C1(N2CC[C@@H](Oc3cccc(C(F)(F)F)c3)C2)CCOCC1)c1ccc(-c2nn[nH]n2)cc1.Cl. The van der Waals surface area contributed by atoms with Gasteiger partial charge in [-0.05, 0) is 55.2 Å². The Hall–Kier alpha value is -3.22. The molecule has 1 amide bonds. The van der Waals surface area contributed by atoms with Crippen molar-refractivity contribution < 1.29 is 27.4 Å². The van der Waals surface area contributed by atoms with Crippen molar-refractivity contribution in [2.24, 2.45) is 0 Å². The first-order valence-electron chi connectivity index (χ1n) is 12.6. The molecule has 2 N–H and O–H groups in total. The second-order valence-corrected chi connectivity index (χ2v) is 9.70. The van der Waals surface area contributed by atoms with E-state index in [9.17, 15) is 18.0 Å². The quantitative estimate of drug-likeness (QED) is 0.442. The summed E-state index contributed by atoms with van der Waals surface area (Å²) < 4.78 is 50.8. The van der Waals surface area contributed by atoms with Crippen molar-refractivity contribution in [2.45, 2.75) is 50.0 Å². The number of halogens is 4. The number of hydrogen-bond acceptors (Lipinski definition) is 7. The third kappa shape index (κ3) is 6.34. The zero-order valence-corrected chi connectivity index (χ0v) is 22.1. The maximum absolute atomic E-state index is 13.8. The van der Waals surface area contributed by atoms with E-state index in [-0.39, 0.29) is 36.2 Å². The molecular formula is C26H30ClF3N6O3. The lowest BCUT2D eigenvalue weighted by Gasteiger charge is -2.43. The molecule has 210 valence electrons. The van der Waals surface area contributed by atoms with E-state index in [0.717, 1.165) is 23.3 Å². The molecule has 1 aromatic heterocycles. The van der Waals surface area contributed by atoms with Gasteiger partial charge in [-0.3, -0.25) is 9.69 Å². The lowest BCUT2D eigenvalue weighted by molar-refractivity contribution is -0.141. The summed E-state index contributed by atoms with van der Waals surface area (Å²) in [5.74, 6) is 0.579. The molecule has 39 heavy (non-hydrogen) atoms. The van der Waals surface area contributed by atoms with E-state index in [1.165, 1.54) is 12.1 Å². The minimum atomic E-state index is -4.44. The molecule has 3 aromatic rings. The van der Waals surface area contributed by atoms with Gasteiger partial charge in [-0.25, -0.2) is 0 Å². The van der Waals surface area contributed by atoms with Crippen molar-refractivity contribution in [3.63, 3.8) is 0 Å². The minimum Gasteiger partial charge on any atom is -0.489 e. The van der Waals surface area contributed by atoms with Crippen LogP contribution in [-0.2, 0) is 15.7 Å². The summed E-state index contributed by atoms with van der Waals surface area (Å²) in [5.41, 5.74) is 0.221. The number of alkyl halides is 3.